The van der Waals surface area contributed by atoms with Gasteiger partial charge in [0, 0.05) is 43.1 Å². The molecular formula is C21H26N2O4. The number of carboxylic acid groups (broad SMARTS) is 1. The average Bonchev–Trinajstić information content (AvgIpc) is 2.89. The van der Waals surface area contributed by atoms with Gasteiger partial charge in [-0.25, -0.2) is 4.79 Å². The summed E-state index contributed by atoms with van der Waals surface area (Å²) in [6, 6.07) is 8.07. The van der Waals surface area contributed by atoms with E-state index < -0.39 is 11.5 Å². The van der Waals surface area contributed by atoms with Gasteiger partial charge in [0.05, 0.1) is 5.56 Å². The Kier molecular flexibility index (Phi) is 5.11. The topological polar surface area (TPSA) is 80.6 Å². The lowest BCUT2D eigenvalue weighted by molar-refractivity contribution is -0.148. The second kappa shape index (κ2) is 7.19. The lowest BCUT2D eigenvalue weighted by Crippen LogP contribution is -2.57. The summed E-state index contributed by atoms with van der Waals surface area (Å²) in [7, 11) is 0. The van der Waals surface area contributed by atoms with Gasteiger partial charge in [0.2, 0.25) is 0 Å². The van der Waals surface area contributed by atoms with Crippen molar-refractivity contribution in [1.82, 2.24) is 9.88 Å². The molecule has 0 aliphatic carbocycles. The van der Waals surface area contributed by atoms with Gasteiger partial charge in [-0.05, 0) is 57.0 Å². The van der Waals surface area contributed by atoms with Crippen molar-refractivity contribution >= 4 is 11.9 Å². The minimum Gasteiger partial charge on any atom is -0.480 e. The third kappa shape index (κ3) is 3.62. The molecule has 0 bridgehead atoms. The van der Waals surface area contributed by atoms with Crippen LogP contribution in [0, 0.1) is 27.7 Å². The van der Waals surface area contributed by atoms with Crippen LogP contribution in [0.2, 0.25) is 0 Å². The van der Waals surface area contributed by atoms with E-state index in [0.717, 1.165) is 28.2 Å². The zero-order valence-electron chi connectivity index (χ0n) is 16.3. The summed E-state index contributed by atoms with van der Waals surface area (Å²) in [5, 5.41) is 12.4. The standard InChI is InChI=1S/C21H26N2O4/c1-13-9-14(2)11-17(10-13)23-15(3)12-18(16(23)4)19(24)22-21(20(25)26)5-7-27-8-6-21/h9-12H,5-8H2,1-4H3,(H,22,24)(H,25,26). The van der Waals surface area contributed by atoms with Crippen LogP contribution in [0.15, 0.2) is 24.3 Å². The number of aliphatic carboxylic acids is 1. The molecular weight excluding hydrogens is 344 g/mol. The summed E-state index contributed by atoms with van der Waals surface area (Å²) < 4.78 is 7.30. The van der Waals surface area contributed by atoms with Crippen LogP contribution < -0.4 is 5.32 Å². The number of rotatable bonds is 4. The number of carbonyl (C=O) groups excluding carboxylic acids is 1. The number of aromatic nitrogens is 1. The highest BCUT2D eigenvalue weighted by molar-refractivity contribution is 5.99. The van der Waals surface area contributed by atoms with Crippen LogP contribution in [-0.4, -0.2) is 40.3 Å². The summed E-state index contributed by atoms with van der Waals surface area (Å²) >= 11 is 0. The summed E-state index contributed by atoms with van der Waals surface area (Å²) in [5.74, 6) is -1.37. The first kappa shape index (κ1) is 19.2. The van der Waals surface area contributed by atoms with Crippen molar-refractivity contribution in [2.75, 3.05) is 13.2 Å². The number of ether oxygens (including phenoxy) is 1. The monoisotopic (exact) mass is 370 g/mol. The normalized spacial score (nSPS) is 16.1. The SMILES string of the molecule is Cc1cc(C)cc(-n2c(C)cc(C(=O)NC3(C(=O)O)CCOCC3)c2C)c1. The predicted octanol–water partition coefficient (Wildman–Crippen LogP) is 3.07. The molecule has 1 aromatic heterocycles. The van der Waals surface area contributed by atoms with Crippen molar-refractivity contribution in [3.05, 3.63) is 52.3 Å². The number of carbonyl (C=O) groups is 2. The van der Waals surface area contributed by atoms with E-state index in [2.05, 4.69) is 23.5 Å². The summed E-state index contributed by atoms with van der Waals surface area (Å²) in [4.78, 5) is 24.8. The Bertz CT molecular complexity index is 872. The molecule has 144 valence electrons. The Morgan fingerprint density at radius 3 is 2.19 bits per heavy atom. The molecule has 1 aliphatic rings. The van der Waals surface area contributed by atoms with Crippen LogP contribution in [0.3, 0.4) is 0 Å². The molecule has 0 unspecified atom stereocenters. The molecule has 2 aromatic rings. The van der Waals surface area contributed by atoms with E-state index in [9.17, 15) is 14.7 Å². The number of nitrogens with zero attached hydrogens (tertiary/aromatic N) is 1. The number of carboxylic acids is 1. The van der Waals surface area contributed by atoms with Crippen LogP contribution in [0.25, 0.3) is 5.69 Å². The second-order valence-corrected chi connectivity index (χ2v) is 7.42. The largest absolute Gasteiger partial charge is 0.480 e. The fourth-order valence-electron chi connectivity index (χ4n) is 3.87. The van der Waals surface area contributed by atoms with Gasteiger partial charge in [0.1, 0.15) is 5.54 Å². The van der Waals surface area contributed by atoms with Gasteiger partial charge in [0.15, 0.2) is 0 Å². The molecule has 0 saturated carbocycles. The van der Waals surface area contributed by atoms with Crippen LogP contribution in [0.5, 0.6) is 0 Å². The molecule has 3 rings (SSSR count). The summed E-state index contributed by atoms with van der Waals surface area (Å²) in [6.07, 6.45) is 0.535. The van der Waals surface area contributed by atoms with Crippen LogP contribution in [-0.2, 0) is 9.53 Å². The van der Waals surface area contributed by atoms with Crippen LogP contribution in [0.4, 0.5) is 0 Å². The molecule has 6 heteroatoms. The maximum Gasteiger partial charge on any atom is 0.329 e. The molecule has 1 fully saturated rings. The van der Waals surface area contributed by atoms with E-state index >= 15 is 0 Å². The molecule has 27 heavy (non-hydrogen) atoms. The summed E-state index contributed by atoms with van der Waals surface area (Å²) in [5.41, 5.74) is 4.25. The fraction of sp³-hybridized carbons (Fsp3) is 0.429. The van der Waals surface area contributed by atoms with E-state index in [1.807, 2.05) is 38.3 Å². The summed E-state index contributed by atoms with van der Waals surface area (Å²) in [6.45, 7) is 8.57. The Morgan fingerprint density at radius 1 is 1.04 bits per heavy atom. The predicted molar refractivity (Wildman–Crippen MR) is 103 cm³/mol. The van der Waals surface area contributed by atoms with E-state index in [0.29, 0.717) is 18.8 Å². The molecule has 0 atom stereocenters. The maximum atomic E-state index is 12.9. The zero-order chi connectivity index (χ0) is 19.8. The van der Waals surface area contributed by atoms with Crippen molar-refractivity contribution in [3.63, 3.8) is 0 Å². The molecule has 6 nitrogen and oxygen atoms in total. The Hall–Kier alpha value is -2.60. The fourth-order valence-corrected chi connectivity index (χ4v) is 3.87. The van der Waals surface area contributed by atoms with Crippen molar-refractivity contribution < 1.29 is 19.4 Å². The minimum absolute atomic E-state index is 0.268. The quantitative estimate of drug-likeness (QED) is 0.867. The molecule has 2 N–H and O–H groups in total. The highest BCUT2D eigenvalue weighted by atomic mass is 16.5. The molecule has 1 saturated heterocycles. The molecule has 0 radical (unpaired) electrons. The van der Waals surface area contributed by atoms with Crippen molar-refractivity contribution in [2.24, 2.45) is 0 Å². The van der Waals surface area contributed by atoms with Crippen LogP contribution in [0.1, 0.15) is 45.7 Å². The third-order valence-electron chi connectivity index (χ3n) is 5.25. The number of hydrogen-bond acceptors (Lipinski definition) is 3. The zero-order valence-corrected chi connectivity index (χ0v) is 16.3. The highest BCUT2D eigenvalue weighted by Crippen LogP contribution is 2.25. The number of benzene rings is 1. The van der Waals surface area contributed by atoms with Gasteiger partial charge in [-0.3, -0.25) is 4.79 Å². The Balaban J connectivity index is 1.96. The molecule has 1 aliphatic heterocycles. The first-order valence-electron chi connectivity index (χ1n) is 9.15. The van der Waals surface area contributed by atoms with Gasteiger partial charge >= 0.3 is 5.97 Å². The lowest BCUT2D eigenvalue weighted by atomic mass is 9.89. The first-order valence-corrected chi connectivity index (χ1v) is 9.15. The van der Waals surface area contributed by atoms with Gasteiger partial charge < -0.3 is 19.7 Å². The van der Waals surface area contributed by atoms with Gasteiger partial charge in [-0.15, -0.1) is 0 Å². The molecule has 1 aromatic carbocycles. The number of aryl methyl sites for hydroxylation is 3. The van der Waals surface area contributed by atoms with Crippen molar-refractivity contribution in [1.29, 1.82) is 0 Å². The van der Waals surface area contributed by atoms with Crippen molar-refractivity contribution in [3.8, 4) is 5.69 Å². The van der Waals surface area contributed by atoms with E-state index in [-0.39, 0.29) is 18.7 Å². The first-order chi connectivity index (χ1) is 12.7. The number of hydrogen-bond donors (Lipinski definition) is 2. The van der Waals surface area contributed by atoms with Gasteiger partial charge in [0.25, 0.3) is 5.91 Å². The van der Waals surface area contributed by atoms with E-state index in [1.165, 1.54) is 0 Å². The third-order valence-corrected chi connectivity index (χ3v) is 5.25. The highest BCUT2D eigenvalue weighted by Gasteiger charge is 2.42. The van der Waals surface area contributed by atoms with Gasteiger partial charge in [-0.2, -0.15) is 0 Å². The number of nitrogens with one attached hydrogen (secondary N) is 1. The van der Waals surface area contributed by atoms with Gasteiger partial charge in [-0.1, -0.05) is 6.07 Å². The Morgan fingerprint density at radius 2 is 1.63 bits per heavy atom. The Labute approximate surface area is 159 Å². The second-order valence-electron chi connectivity index (χ2n) is 7.42. The van der Waals surface area contributed by atoms with E-state index in [4.69, 9.17) is 4.74 Å². The van der Waals surface area contributed by atoms with Crippen LogP contribution >= 0.6 is 0 Å². The smallest absolute Gasteiger partial charge is 0.329 e. The minimum atomic E-state index is -1.27. The molecule has 0 spiro atoms. The molecule has 1 amide bonds. The lowest BCUT2D eigenvalue weighted by Gasteiger charge is -2.33. The molecule has 2 heterocycles. The average molecular weight is 370 g/mol. The number of amides is 1. The maximum absolute atomic E-state index is 12.9. The van der Waals surface area contributed by atoms with Crippen molar-refractivity contribution in [2.45, 2.75) is 46.1 Å². The van der Waals surface area contributed by atoms with E-state index in [1.54, 1.807) is 0 Å².